The average Bonchev–Trinajstić information content (AvgIpc) is 2.45. The molecule has 21 heavy (non-hydrogen) atoms. The Bertz CT molecular complexity index is 557. The molecule has 0 fully saturated rings. The number of hydrogen-bond acceptors (Lipinski definition) is 5. The van der Waals surface area contributed by atoms with E-state index in [9.17, 15) is 9.59 Å². The number of aliphatic imine (C=N–C) groups is 1. The number of nitrogens with one attached hydrogen (secondary N) is 2. The van der Waals surface area contributed by atoms with Crippen LogP contribution in [0.5, 0.6) is 5.75 Å². The second kappa shape index (κ2) is 7.12. The summed E-state index contributed by atoms with van der Waals surface area (Å²) in [5, 5.41) is 5.93. The molecule has 1 unspecified atom stereocenters. The highest BCUT2D eigenvalue weighted by molar-refractivity contribution is 8.14. The molecule has 1 aromatic carbocycles. The van der Waals surface area contributed by atoms with E-state index in [4.69, 9.17) is 4.74 Å². The van der Waals surface area contributed by atoms with E-state index in [-0.39, 0.29) is 23.6 Å². The molecule has 2 rings (SSSR count). The highest BCUT2D eigenvalue weighted by Gasteiger charge is 2.18. The van der Waals surface area contributed by atoms with Crippen LogP contribution in [0.3, 0.4) is 0 Å². The number of anilines is 1. The third kappa shape index (κ3) is 4.78. The van der Waals surface area contributed by atoms with Crippen LogP contribution in [0.1, 0.15) is 13.3 Å². The van der Waals surface area contributed by atoms with Crippen LogP contribution in [0.4, 0.5) is 5.69 Å². The Hall–Kier alpha value is -2.02. The monoisotopic (exact) mass is 307 g/mol. The smallest absolute Gasteiger partial charge is 0.234 e. The molecule has 1 aliphatic rings. The zero-order chi connectivity index (χ0) is 15.2. The van der Waals surface area contributed by atoms with Gasteiger partial charge in [-0.1, -0.05) is 11.8 Å². The second-order valence-electron chi connectivity index (χ2n) is 4.60. The summed E-state index contributed by atoms with van der Waals surface area (Å²) in [5.41, 5.74) is 0.699. The molecule has 0 aliphatic carbocycles. The second-order valence-corrected chi connectivity index (χ2v) is 5.56. The molecule has 1 atom stereocenters. The first-order valence-corrected chi connectivity index (χ1v) is 7.49. The molecule has 2 N–H and O–H groups in total. The van der Waals surface area contributed by atoms with Gasteiger partial charge in [-0.2, -0.15) is 0 Å². The number of rotatable bonds is 4. The Balaban J connectivity index is 1.83. The van der Waals surface area contributed by atoms with Gasteiger partial charge < -0.3 is 15.4 Å². The number of carbonyl (C=O) groups is 2. The van der Waals surface area contributed by atoms with Crippen LogP contribution in [0.25, 0.3) is 0 Å². The van der Waals surface area contributed by atoms with E-state index < -0.39 is 0 Å². The first-order valence-electron chi connectivity index (χ1n) is 6.51. The summed E-state index contributed by atoms with van der Waals surface area (Å²) in [5.74, 6) is 0.712. The molecular weight excluding hydrogens is 290 g/mol. The summed E-state index contributed by atoms with van der Waals surface area (Å²) in [6, 6.07) is 7.05. The number of carbonyl (C=O) groups excluding carboxylic acids is 2. The minimum atomic E-state index is -0.152. The van der Waals surface area contributed by atoms with Crippen LogP contribution in [0, 0.1) is 0 Å². The van der Waals surface area contributed by atoms with E-state index >= 15 is 0 Å². The zero-order valence-electron chi connectivity index (χ0n) is 11.9. The van der Waals surface area contributed by atoms with Gasteiger partial charge in [0, 0.05) is 12.1 Å². The van der Waals surface area contributed by atoms with Gasteiger partial charge in [0.2, 0.25) is 11.8 Å². The number of hydrogen-bond donors (Lipinski definition) is 2. The molecule has 0 bridgehead atoms. The van der Waals surface area contributed by atoms with Crippen molar-refractivity contribution in [1.82, 2.24) is 5.32 Å². The number of amidine groups is 1. The van der Waals surface area contributed by atoms with Crippen molar-refractivity contribution in [2.24, 2.45) is 4.99 Å². The number of thioether (sulfide) groups is 1. The van der Waals surface area contributed by atoms with Gasteiger partial charge in [-0.05, 0) is 31.2 Å². The Labute approximate surface area is 127 Å². The minimum Gasteiger partial charge on any atom is -0.497 e. The summed E-state index contributed by atoms with van der Waals surface area (Å²) in [7, 11) is 1.59. The number of methoxy groups -OCH3 is 1. The molecule has 0 saturated heterocycles. The van der Waals surface area contributed by atoms with E-state index in [1.54, 1.807) is 31.4 Å². The maximum atomic E-state index is 11.8. The SMILES string of the molecule is COc1ccc(NC(=O)CSC2=NC(C)CC(=O)N2)cc1. The normalized spacial score (nSPS) is 17.7. The fourth-order valence-electron chi connectivity index (χ4n) is 1.80. The standard InChI is InChI=1S/C14H17N3O3S/c1-9-7-12(18)17-14(15-9)21-8-13(19)16-10-3-5-11(20-2)6-4-10/h3-6,9H,7-8H2,1-2H3,(H,16,19)(H,15,17,18). The Morgan fingerprint density at radius 2 is 2.19 bits per heavy atom. The third-order valence-electron chi connectivity index (χ3n) is 2.78. The van der Waals surface area contributed by atoms with Crippen molar-refractivity contribution in [3.8, 4) is 5.75 Å². The Morgan fingerprint density at radius 3 is 2.81 bits per heavy atom. The lowest BCUT2D eigenvalue weighted by Gasteiger charge is -2.17. The van der Waals surface area contributed by atoms with Gasteiger partial charge in [0.05, 0.1) is 18.9 Å². The van der Waals surface area contributed by atoms with Crippen molar-refractivity contribution in [3.63, 3.8) is 0 Å². The van der Waals surface area contributed by atoms with Crippen LogP contribution in [-0.2, 0) is 9.59 Å². The number of amides is 2. The number of ether oxygens (including phenoxy) is 1. The fraction of sp³-hybridized carbons (Fsp3) is 0.357. The van der Waals surface area contributed by atoms with Crippen molar-refractivity contribution < 1.29 is 14.3 Å². The maximum absolute atomic E-state index is 11.8. The lowest BCUT2D eigenvalue weighted by Crippen LogP contribution is -2.36. The van der Waals surface area contributed by atoms with Gasteiger partial charge in [0.25, 0.3) is 0 Å². The van der Waals surface area contributed by atoms with Crippen molar-refractivity contribution in [2.45, 2.75) is 19.4 Å². The van der Waals surface area contributed by atoms with Gasteiger partial charge in [-0.25, -0.2) is 0 Å². The number of nitrogens with zero attached hydrogens (tertiary/aromatic N) is 1. The third-order valence-corrected chi connectivity index (χ3v) is 3.67. The maximum Gasteiger partial charge on any atom is 0.234 e. The van der Waals surface area contributed by atoms with Crippen LogP contribution >= 0.6 is 11.8 Å². The molecule has 0 radical (unpaired) electrons. The lowest BCUT2D eigenvalue weighted by atomic mass is 10.2. The van der Waals surface area contributed by atoms with Crippen molar-refractivity contribution >= 4 is 34.4 Å². The predicted molar refractivity (Wildman–Crippen MR) is 83.7 cm³/mol. The van der Waals surface area contributed by atoms with E-state index in [2.05, 4.69) is 15.6 Å². The first-order chi connectivity index (χ1) is 10.1. The molecule has 0 spiro atoms. The molecule has 0 aromatic heterocycles. The molecule has 0 saturated carbocycles. The topological polar surface area (TPSA) is 79.8 Å². The van der Waals surface area contributed by atoms with E-state index in [0.717, 1.165) is 5.75 Å². The summed E-state index contributed by atoms with van der Waals surface area (Å²) >= 11 is 1.22. The van der Waals surface area contributed by atoms with Gasteiger partial charge in [0.15, 0.2) is 5.17 Å². The highest BCUT2D eigenvalue weighted by Crippen LogP contribution is 2.16. The molecule has 1 aromatic rings. The summed E-state index contributed by atoms with van der Waals surface area (Å²) in [6.07, 6.45) is 0.391. The van der Waals surface area contributed by atoms with Crippen LogP contribution in [0.15, 0.2) is 29.3 Å². The van der Waals surface area contributed by atoms with Gasteiger partial charge in [-0.15, -0.1) is 0 Å². The zero-order valence-corrected chi connectivity index (χ0v) is 12.7. The Morgan fingerprint density at radius 1 is 1.48 bits per heavy atom. The molecule has 112 valence electrons. The van der Waals surface area contributed by atoms with Crippen molar-refractivity contribution in [3.05, 3.63) is 24.3 Å². The van der Waals surface area contributed by atoms with Gasteiger partial charge in [0.1, 0.15) is 5.75 Å². The van der Waals surface area contributed by atoms with Gasteiger partial charge in [-0.3, -0.25) is 14.6 Å². The van der Waals surface area contributed by atoms with Crippen molar-refractivity contribution in [1.29, 1.82) is 0 Å². The quantitative estimate of drug-likeness (QED) is 0.886. The Kier molecular flexibility index (Phi) is 5.21. The highest BCUT2D eigenvalue weighted by atomic mass is 32.2. The molecule has 7 heteroatoms. The molecule has 2 amide bonds. The number of benzene rings is 1. The minimum absolute atomic E-state index is 0.0362. The average molecular weight is 307 g/mol. The van der Waals surface area contributed by atoms with Gasteiger partial charge >= 0.3 is 0 Å². The van der Waals surface area contributed by atoms with Crippen LogP contribution in [0.2, 0.25) is 0 Å². The molecule has 6 nitrogen and oxygen atoms in total. The van der Waals surface area contributed by atoms with E-state index in [1.165, 1.54) is 11.8 Å². The van der Waals surface area contributed by atoms with E-state index in [0.29, 0.717) is 17.3 Å². The molecular formula is C14H17N3O3S. The lowest BCUT2D eigenvalue weighted by molar-refractivity contribution is -0.120. The molecule has 1 heterocycles. The largest absolute Gasteiger partial charge is 0.497 e. The van der Waals surface area contributed by atoms with E-state index in [1.807, 2.05) is 6.92 Å². The fourth-order valence-corrected chi connectivity index (χ4v) is 2.58. The van der Waals surface area contributed by atoms with Crippen LogP contribution < -0.4 is 15.4 Å². The first kappa shape index (κ1) is 15.4. The summed E-state index contributed by atoms with van der Waals surface area (Å²) in [4.78, 5) is 27.5. The van der Waals surface area contributed by atoms with Crippen molar-refractivity contribution in [2.75, 3.05) is 18.2 Å². The summed E-state index contributed by atoms with van der Waals surface area (Å²) in [6.45, 7) is 1.87. The molecule has 1 aliphatic heterocycles. The van der Waals surface area contributed by atoms with Crippen LogP contribution in [-0.4, -0.2) is 35.9 Å². The predicted octanol–water partition coefficient (Wildman–Crippen LogP) is 1.63. The summed E-state index contributed by atoms with van der Waals surface area (Å²) < 4.78 is 5.05.